The summed E-state index contributed by atoms with van der Waals surface area (Å²) in [7, 11) is -0.965. The summed E-state index contributed by atoms with van der Waals surface area (Å²) < 4.78 is 11.9. The van der Waals surface area contributed by atoms with Crippen LogP contribution in [-0.2, 0) is 21.3 Å². The molecule has 16 heavy (non-hydrogen) atoms. The van der Waals surface area contributed by atoms with Crippen molar-refractivity contribution < 1.29 is 9.00 Å². The summed E-state index contributed by atoms with van der Waals surface area (Å²) in [6, 6.07) is 8.01. The Morgan fingerprint density at radius 2 is 2.12 bits per heavy atom. The average Bonchev–Trinajstić information content (AvgIpc) is 2.16. The van der Waals surface area contributed by atoms with E-state index in [1.807, 2.05) is 38.1 Å². The molecule has 0 aliphatic rings. The van der Waals surface area contributed by atoms with Gasteiger partial charge >= 0.3 is 0 Å². The van der Waals surface area contributed by atoms with E-state index in [9.17, 15) is 9.00 Å². The molecule has 3 heteroatoms. The van der Waals surface area contributed by atoms with Gasteiger partial charge in [0.25, 0.3) is 0 Å². The van der Waals surface area contributed by atoms with Crippen molar-refractivity contribution in [1.82, 2.24) is 0 Å². The molecule has 88 valence electrons. The van der Waals surface area contributed by atoms with Crippen LogP contribution in [0.3, 0.4) is 0 Å². The molecule has 0 aromatic heterocycles. The smallest absolute Gasteiger partial charge is 0.131 e. The van der Waals surface area contributed by atoms with Gasteiger partial charge in [-0.1, -0.05) is 36.8 Å². The number of benzene rings is 1. The topological polar surface area (TPSA) is 34.1 Å². The first-order valence-electron chi connectivity index (χ1n) is 5.41. The fourth-order valence-corrected chi connectivity index (χ4v) is 2.82. The Kier molecular flexibility index (Phi) is 4.87. The van der Waals surface area contributed by atoms with E-state index in [4.69, 9.17) is 0 Å². The first-order chi connectivity index (χ1) is 7.49. The zero-order chi connectivity index (χ0) is 12.1. The highest BCUT2D eigenvalue weighted by Gasteiger charge is 2.13. The van der Waals surface area contributed by atoms with Crippen LogP contribution in [0, 0.1) is 6.92 Å². The van der Waals surface area contributed by atoms with Crippen LogP contribution in [0.2, 0.25) is 0 Å². The molecule has 0 spiro atoms. The van der Waals surface area contributed by atoms with Crippen molar-refractivity contribution >= 4 is 16.6 Å². The summed E-state index contributed by atoms with van der Waals surface area (Å²) in [4.78, 5) is 10.9. The number of carbonyl (C=O) groups is 1. The van der Waals surface area contributed by atoms with E-state index in [1.165, 1.54) is 5.56 Å². The van der Waals surface area contributed by atoms with Crippen molar-refractivity contribution in [3.63, 3.8) is 0 Å². The van der Waals surface area contributed by atoms with Crippen LogP contribution in [0.4, 0.5) is 0 Å². The van der Waals surface area contributed by atoms with Gasteiger partial charge in [-0.25, -0.2) is 0 Å². The second-order valence-electron chi connectivity index (χ2n) is 4.23. The van der Waals surface area contributed by atoms with Gasteiger partial charge in [0.2, 0.25) is 0 Å². The molecule has 1 rings (SSSR count). The van der Waals surface area contributed by atoms with Gasteiger partial charge in [-0.3, -0.25) is 9.00 Å². The van der Waals surface area contributed by atoms with Crippen LogP contribution in [0.15, 0.2) is 24.3 Å². The van der Waals surface area contributed by atoms with Gasteiger partial charge in [-0.05, 0) is 19.4 Å². The van der Waals surface area contributed by atoms with Gasteiger partial charge in [0.15, 0.2) is 0 Å². The van der Waals surface area contributed by atoms with Gasteiger partial charge in [0.05, 0.1) is 0 Å². The first-order valence-corrected chi connectivity index (χ1v) is 6.79. The van der Waals surface area contributed by atoms with E-state index < -0.39 is 10.8 Å². The van der Waals surface area contributed by atoms with E-state index in [0.29, 0.717) is 12.2 Å². The van der Waals surface area contributed by atoms with Gasteiger partial charge in [0.1, 0.15) is 5.78 Å². The number of rotatable bonds is 5. The molecule has 0 fully saturated rings. The largest absolute Gasteiger partial charge is 0.300 e. The van der Waals surface area contributed by atoms with Gasteiger partial charge in [-0.2, -0.15) is 0 Å². The normalized spacial score (nSPS) is 14.4. The molecule has 1 aromatic carbocycles. The van der Waals surface area contributed by atoms with Gasteiger partial charge < -0.3 is 0 Å². The number of hydrogen-bond acceptors (Lipinski definition) is 2. The molecule has 0 radical (unpaired) electrons. The van der Waals surface area contributed by atoms with E-state index in [-0.39, 0.29) is 11.0 Å². The summed E-state index contributed by atoms with van der Waals surface area (Å²) in [6.45, 7) is 5.43. The predicted molar refractivity (Wildman–Crippen MR) is 67.8 cm³/mol. The third-order valence-corrected chi connectivity index (χ3v) is 4.10. The van der Waals surface area contributed by atoms with Crippen molar-refractivity contribution in [2.75, 3.05) is 0 Å². The van der Waals surface area contributed by atoms with Crippen molar-refractivity contribution in [3.05, 3.63) is 35.4 Å². The highest BCUT2D eigenvalue weighted by molar-refractivity contribution is 7.84. The summed E-state index contributed by atoms with van der Waals surface area (Å²) in [5.74, 6) is 0.640. The molecule has 0 heterocycles. The lowest BCUT2D eigenvalue weighted by atomic mass is 10.2. The van der Waals surface area contributed by atoms with Gasteiger partial charge in [-0.15, -0.1) is 0 Å². The quantitative estimate of drug-likeness (QED) is 0.790. The predicted octanol–water partition coefficient (Wildman–Crippen LogP) is 2.61. The number of hydrogen-bond donors (Lipinski definition) is 0. The number of carbonyl (C=O) groups excluding carboxylic acids is 1. The molecule has 0 aliphatic carbocycles. The third-order valence-electron chi connectivity index (χ3n) is 2.42. The zero-order valence-electron chi connectivity index (χ0n) is 10.0. The summed E-state index contributed by atoms with van der Waals surface area (Å²) >= 11 is 0. The summed E-state index contributed by atoms with van der Waals surface area (Å²) in [5.41, 5.74) is 2.25. The molecule has 0 N–H and O–H groups in total. The van der Waals surface area contributed by atoms with Crippen LogP contribution in [-0.4, -0.2) is 15.2 Å². The SMILES string of the molecule is CC(=O)CC(C)S(=O)Cc1cccc(C)c1. The molecule has 0 saturated carbocycles. The lowest BCUT2D eigenvalue weighted by Crippen LogP contribution is -2.16. The highest BCUT2D eigenvalue weighted by atomic mass is 32.2. The average molecular weight is 238 g/mol. The molecular weight excluding hydrogens is 220 g/mol. The molecule has 2 atom stereocenters. The second-order valence-corrected chi connectivity index (χ2v) is 6.09. The third kappa shape index (κ3) is 4.27. The fraction of sp³-hybridized carbons (Fsp3) is 0.462. The standard InChI is InChI=1S/C13H18O2S/c1-10-5-4-6-13(7-10)9-16(15)12(3)8-11(2)14/h4-7,12H,8-9H2,1-3H3. The molecule has 0 amide bonds. The minimum Gasteiger partial charge on any atom is -0.300 e. The maximum atomic E-state index is 11.9. The van der Waals surface area contributed by atoms with E-state index >= 15 is 0 Å². The van der Waals surface area contributed by atoms with E-state index in [2.05, 4.69) is 0 Å². The fourth-order valence-electron chi connectivity index (χ4n) is 1.61. The maximum Gasteiger partial charge on any atom is 0.131 e. The minimum absolute atomic E-state index is 0.0574. The van der Waals surface area contributed by atoms with Gasteiger partial charge in [0, 0.05) is 28.2 Å². The van der Waals surface area contributed by atoms with E-state index in [1.54, 1.807) is 6.92 Å². The molecule has 0 saturated heterocycles. The molecule has 2 nitrogen and oxygen atoms in total. The number of aryl methyl sites for hydroxylation is 1. The highest BCUT2D eigenvalue weighted by Crippen LogP contribution is 2.11. The molecule has 1 aromatic rings. The van der Waals surface area contributed by atoms with Crippen LogP contribution in [0.25, 0.3) is 0 Å². The Morgan fingerprint density at radius 1 is 1.44 bits per heavy atom. The lowest BCUT2D eigenvalue weighted by molar-refractivity contribution is -0.116. The Hall–Kier alpha value is -0.960. The Morgan fingerprint density at radius 3 is 2.69 bits per heavy atom. The van der Waals surface area contributed by atoms with Crippen molar-refractivity contribution in [1.29, 1.82) is 0 Å². The van der Waals surface area contributed by atoms with Crippen LogP contribution < -0.4 is 0 Å². The summed E-state index contributed by atoms with van der Waals surface area (Å²) in [5, 5.41) is -0.0574. The molecule has 0 bridgehead atoms. The minimum atomic E-state index is -0.965. The Labute approximate surface area is 99.5 Å². The monoisotopic (exact) mass is 238 g/mol. The molecule has 0 aliphatic heterocycles. The van der Waals surface area contributed by atoms with E-state index in [0.717, 1.165) is 5.56 Å². The zero-order valence-corrected chi connectivity index (χ0v) is 10.8. The molecule has 2 unspecified atom stereocenters. The molecular formula is C13H18O2S. The number of Topliss-reactive ketones (excluding diaryl/α,β-unsaturated/α-hetero) is 1. The second kappa shape index (κ2) is 5.94. The van der Waals surface area contributed by atoms with Crippen molar-refractivity contribution in [3.8, 4) is 0 Å². The first kappa shape index (κ1) is 13.1. The Balaban J connectivity index is 2.60. The number of ketones is 1. The lowest BCUT2D eigenvalue weighted by Gasteiger charge is -2.09. The van der Waals surface area contributed by atoms with Crippen molar-refractivity contribution in [2.24, 2.45) is 0 Å². The Bertz CT molecular complexity index is 399. The summed E-state index contributed by atoms with van der Waals surface area (Å²) in [6.07, 6.45) is 0.401. The van der Waals surface area contributed by atoms with Crippen LogP contribution in [0.1, 0.15) is 31.4 Å². The van der Waals surface area contributed by atoms with Crippen molar-refractivity contribution in [2.45, 2.75) is 38.2 Å². The van der Waals surface area contributed by atoms with Crippen LogP contribution >= 0.6 is 0 Å². The maximum absolute atomic E-state index is 11.9. The van der Waals surface area contributed by atoms with Crippen LogP contribution in [0.5, 0.6) is 0 Å².